The van der Waals surface area contributed by atoms with Gasteiger partial charge in [-0.25, -0.2) is 0 Å². The average molecular weight is 377 g/mol. The summed E-state index contributed by atoms with van der Waals surface area (Å²) in [5, 5.41) is 10.1. The summed E-state index contributed by atoms with van der Waals surface area (Å²) in [7, 11) is 1.57. The fraction of sp³-hybridized carbons (Fsp3) is 0.182. The number of aliphatic carboxylic acids is 1. The Morgan fingerprint density at radius 1 is 1.11 bits per heavy atom. The van der Waals surface area contributed by atoms with Gasteiger partial charge in [-0.2, -0.15) is 0 Å². The monoisotopic (exact) mass is 377 g/mol. The van der Waals surface area contributed by atoms with Crippen molar-refractivity contribution >= 4 is 11.9 Å². The standard InChI is InChI=1S/C22H19NO5/c1-27-15-10-8-14(9-11-15)20-19(22(25)26)17-6-2-3-7-18(17)21(24)23(20)13-16-5-4-12-28-16/h2-12,19-20H,13H2,1H3,(H,25,26)/t19-,20+/m0/s1. The molecule has 0 saturated carbocycles. The van der Waals surface area contributed by atoms with Gasteiger partial charge in [-0.15, -0.1) is 0 Å². The Bertz CT molecular complexity index is 994. The van der Waals surface area contributed by atoms with E-state index in [1.54, 1.807) is 72.7 Å². The van der Waals surface area contributed by atoms with Crippen LogP contribution in [0.1, 0.15) is 39.2 Å². The molecule has 0 saturated heterocycles. The maximum absolute atomic E-state index is 13.3. The molecule has 4 rings (SSSR count). The summed E-state index contributed by atoms with van der Waals surface area (Å²) in [4.78, 5) is 27.1. The number of ether oxygens (including phenoxy) is 1. The van der Waals surface area contributed by atoms with Crippen LogP contribution in [0.4, 0.5) is 0 Å². The van der Waals surface area contributed by atoms with Gasteiger partial charge in [0.05, 0.1) is 26.0 Å². The van der Waals surface area contributed by atoms with Crippen molar-refractivity contribution in [3.05, 3.63) is 89.4 Å². The van der Waals surface area contributed by atoms with Crippen LogP contribution >= 0.6 is 0 Å². The predicted molar refractivity (Wildman–Crippen MR) is 101 cm³/mol. The van der Waals surface area contributed by atoms with Crippen molar-refractivity contribution in [3.63, 3.8) is 0 Å². The van der Waals surface area contributed by atoms with Crippen LogP contribution in [0.25, 0.3) is 0 Å². The highest BCUT2D eigenvalue weighted by atomic mass is 16.5. The number of fused-ring (bicyclic) bond motifs is 1. The summed E-state index contributed by atoms with van der Waals surface area (Å²) >= 11 is 0. The van der Waals surface area contributed by atoms with Gasteiger partial charge in [-0.1, -0.05) is 30.3 Å². The SMILES string of the molecule is COc1ccc([C@@H]2[C@@H](C(=O)O)c3ccccc3C(=O)N2Cc2ccco2)cc1. The van der Waals surface area contributed by atoms with E-state index in [-0.39, 0.29) is 12.5 Å². The first-order chi connectivity index (χ1) is 13.6. The highest BCUT2D eigenvalue weighted by Crippen LogP contribution is 2.43. The molecule has 3 aromatic rings. The zero-order valence-corrected chi connectivity index (χ0v) is 15.2. The van der Waals surface area contributed by atoms with Crippen LogP contribution in [0, 0.1) is 0 Å². The first-order valence-corrected chi connectivity index (χ1v) is 8.89. The molecule has 0 spiro atoms. The molecule has 0 bridgehead atoms. The zero-order chi connectivity index (χ0) is 19.7. The molecule has 0 radical (unpaired) electrons. The van der Waals surface area contributed by atoms with Gasteiger partial charge >= 0.3 is 5.97 Å². The largest absolute Gasteiger partial charge is 0.497 e. The Morgan fingerprint density at radius 2 is 1.86 bits per heavy atom. The fourth-order valence-electron chi connectivity index (χ4n) is 3.78. The normalized spacial score (nSPS) is 18.6. The first-order valence-electron chi connectivity index (χ1n) is 8.89. The first kappa shape index (κ1) is 17.9. The molecule has 0 fully saturated rings. The molecule has 6 nitrogen and oxygen atoms in total. The van der Waals surface area contributed by atoms with Crippen molar-refractivity contribution in [2.24, 2.45) is 0 Å². The smallest absolute Gasteiger partial charge is 0.313 e. The molecule has 1 aromatic heterocycles. The number of methoxy groups -OCH3 is 1. The minimum Gasteiger partial charge on any atom is -0.497 e. The van der Waals surface area contributed by atoms with Gasteiger partial charge in [0.25, 0.3) is 5.91 Å². The van der Waals surface area contributed by atoms with Gasteiger partial charge in [0.1, 0.15) is 17.4 Å². The quantitative estimate of drug-likeness (QED) is 0.730. The summed E-state index contributed by atoms with van der Waals surface area (Å²) in [5.74, 6) is -0.834. The van der Waals surface area contributed by atoms with Crippen LogP contribution < -0.4 is 4.74 Å². The van der Waals surface area contributed by atoms with Gasteiger partial charge < -0.3 is 19.2 Å². The van der Waals surface area contributed by atoms with Crippen molar-refractivity contribution in [1.82, 2.24) is 4.90 Å². The van der Waals surface area contributed by atoms with E-state index in [9.17, 15) is 14.7 Å². The zero-order valence-electron chi connectivity index (χ0n) is 15.2. The number of furan rings is 1. The van der Waals surface area contributed by atoms with Crippen LogP contribution in [-0.2, 0) is 11.3 Å². The minimum absolute atomic E-state index is 0.181. The average Bonchev–Trinajstić information content (AvgIpc) is 3.23. The third-order valence-electron chi connectivity index (χ3n) is 5.07. The highest BCUT2D eigenvalue weighted by molar-refractivity contribution is 6.00. The van der Waals surface area contributed by atoms with Crippen molar-refractivity contribution in [3.8, 4) is 5.75 Å². The number of nitrogens with zero attached hydrogens (tertiary/aromatic N) is 1. The second kappa shape index (κ2) is 7.23. The number of carboxylic acids is 1. The maximum atomic E-state index is 13.3. The highest BCUT2D eigenvalue weighted by Gasteiger charge is 2.44. The van der Waals surface area contributed by atoms with Gasteiger partial charge in [0.15, 0.2) is 0 Å². The molecule has 2 aromatic carbocycles. The summed E-state index contributed by atoms with van der Waals surface area (Å²) < 4.78 is 10.6. The van der Waals surface area contributed by atoms with Gasteiger partial charge in [-0.3, -0.25) is 9.59 Å². The summed E-state index contributed by atoms with van der Waals surface area (Å²) in [6.07, 6.45) is 1.54. The van der Waals surface area contributed by atoms with Gasteiger partial charge in [-0.05, 0) is 41.5 Å². The van der Waals surface area contributed by atoms with Crippen LogP contribution in [-0.4, -0.2) is 29.0 Å². The van der Waals surface area contributed by atoms with Crippen molar-refractivity contribution in [2.45, 2.75) is 18.5 Å². The second-order valence-electron chi connectivity index (χ2n) is 6.63. The molecular weight excluding hydrogens is 358 g/mol. The second-order valence-corrected chi connectivity index (χ2v) is 6.63. The lowest BCUT2D eigenvalue weighted by Crippen LogP contribution is -2.44. The molecular formula is C22H19NO5. The van der Waals surface area contributed by atoms with E-state index in [0.29, 0.717) is 22.6 Å². The number of benzene rings is 2. The number of carboxylic acid groups (broad SMARTS) is 1. The lowest BCUT2D eigenvalue weighted by Gasteiger charge is -2.40. The van der Waals surface area contributed by atoms with Crippen molar-refractivity contribution in [1.29, 1.82) is 0 Å². The van der Waals surface area contributed by atoms with Gasteiger partial charge in [0, 0.05) is 5.56 Å². The number of carbonyl (C=O) groups excluding carboxylic acids is 1. The molecule has 0 aliphatic carbocycles. The number of rotatable bonds is 5. The predicted octanol–water partition coefficient (Wildman–Crippen LogP) is 3.85. The fourth-order valence-corrected chi connectivity index (χ4v) is 3.78. The van der Waals surface area contributed by atoms with Crippen LogP contribution in [0.2, 0.25) is 0 Å². The molecule has 1 aliphatic heterocycles. The molecule has 1 aliphatic rings. The Balaban J connectivity index is 1.87. The molecule has 1 amide bonds. The van der Waals surface area contributed by atoms with E-state index >= 15 is 0 Å². The molecule has 28 heavy (non-hydrogen) atoms. The maximum Gasteiger partial charge on any atom is 0.313 e. The molecule has 142 valence electrons. The molecule has 6 heteroatoms. The number of hydrogen-bond acceptors (Lipinski definition) is 4. The Morgan fingerprint density at radius 3 is 2.50 bits per heavy atom. The Hall–Kier alpha value is -3.54. The van der Waals surface area contributed by atoms with E-state index in [2.05, 4.69) is 0 Å². The number of amides is 1. The van der Waals surface area contributed by atoms with Crippen molar-refractivity contribution in [2.75, 3.05) is 7.11 Å². The lowest BCUT2D eigenvalue weighted by molar-refractivity contribution is -0.140. The Labute approximate surface area is 162 Å². The summed E-state index contributed by atoms with van der Waals surface area (Å²) in [6, 6.07) is 16.9. The lowest BCUT2D eigenvalue weighted by atomic mass is 9.79. The van der Waals surface area contributed by atoms with E-state index in [1.165, 1.54) is 6.26 Å². The summed E-state index contributed by atoms with van der Waals surface area (Å²) in [5.41, 5.74) is 1.66. The summed E-state index contributed by atoms with van der Waals surface area (Å²) in [6.45, 7) is 0.181. The number of hydrogen-bond donors (Lipinski definition) is 1. The van der Waals surface area contributed by atoms with E-state index in [1.807, 2.05) is 0 Å². The third kappa shape index (κ3) is 3.03. The van der Waals surface area contributed by atoms with Gasteiger partial charge in [0.2, 0.25) is 0 Å². The van der Waals surface area contributed by atoms with Crippen LogP contribution in [0.15, 0.2) is 71.3 Å². The van der Waals surface area contributed by atoms with Crippen molar-refractivity contribution < 1.29 is 23.8 Å². The van der Waals surface area contributed by atoms with E-state index < -0.39 is 17.9 Å². The third-order valence-corrected chi connectivity index (χ3v) is 5.07. The van der Waals surface area contributed by atoms with E-state index in [4.69, 9.17) is 9.15 Å². The topological polar surface area (TPSA) is 80.0 Å². The van der Waals surface area contributed by atoms with E-state index in [0.717, 1.165) is 5.56 Å². The van der Waals surface area contributed by atoms with Crippen LogP contribution in [0.3, 0.4) is 0 Å². The molecule has 2 heterocycles. The Kier molecular flexibility index (Phi) is 4.61. The molecule has 2 atom stereocenters. The number of carbonyl (C=O) groups is 2. The molecule has 0 unspecified atom stereocenters. The molecule has 1 N–H and O–H groups in total. The minimum atomic E-state index is -0.981. The van der Waals surface area contributed by atoms with Crippen LogP contribution in [0.5, 0.6) is 5.75 Å².